The molecule has 2 unspecified atom stereocenters. The number of nitrogens with two attached hydrogens (primary N) is 1. The summed E-state index contributed by atoms with van der Waals surface area (Å²) < 4.78 is 5.48. The average Bonchev–Trinajstić information content (AvgIpc) is 2.18. The number of nitrogens with zero attached hydrogens (tertiary/aromatic N) is 1. The van der Waals surface area contributed by atoms with Crippen LogP contribution < -0.4 is 5.73 Å². The van der Waals surface area contributed by atoms with Gasteiger partial charge in [-0.15, -0.1) is 0 Å². The Balaban J connectivity index is 3.94. The van der Waals surface area contributed by atoms with Gasteiger partial charge in [0.25, 0.3) is 0 Å². The second-order valence-corrected chi connectivity index (χ2v) is 4.60. The van der Waals surface area contributed by atoms with Gasteiger partial charge in [-0.25, -0.2) is 0 Å². The van der Waals surface area contributed by atoms with Gasteiger partial charge in [0.15, 0.2) is 0 Å². The summed E-state index contributed by atoms with van der Waals surface area (Å²) in [5.74, 6) is 0. The van der Waals surface area contributed by atoms with Crippen molar-refractivity contribution in [2.45, 2.75) is 51.8 Å². The number of likely N-dealkylation sites (N-methyl/N-ethyl adjacent to an activating group) is 1. The van der Waals surface area contributed by atoms with Crippen molar-refractivity contribution in [1.29, 1.82) is 0 Å². The lowest BCUT2D eigenvalue weighted by molar-refractivity contribution is 0.0426. The average molecular weight is 232 g/mol. The summed E-state index contributed by atoms with van der Waals surface area (Å²) in [6.45, 7) is 7.75. The molecule has 0 spiro atoms. The molecule has 98 valence electrons. The highest BCUT2D eigenvalue weighted by atomic mass is 16.5. The second-order valence-electron chi connectivity index (χ2n) is 4.60. The van der Waals surface area contributed by atoms with Crippen molar-refractivity contribution in [3.05, 3.63) is 0 Å². The van der Waals surface area contributed by atoms with Gasteiger partial charge in [0.2, 0.25) is 0 Å². The molecule has 0 bridgehead atoms. The lowest BCUT2D eigenvalue weighted by Crippen LogP contribution is -2.49. The molecule has 3 N–H and O–H groups in total. The van der Waals surface area contributed by atoms with Crippen molar-refractivity contribution in [1.82, 2.24) is 4.90 Å². The Kier molecular flexibility index (Phi) is 8.84. The number of rotatable bonds is 9. The van der Waals surface area contributed by atoms with E-state index in [1.165, 1.54) is 0 Å². The molecule has 0 fully saturated rings. The molecule has 0 aliphatic carbocycles. The molecule has 4 heteroatoms. The Labute approximate surface area is 99.8 Å². The van der Waals surface area contributed by atoms with Gasteiger partial charge in [0.1, 0.15) is 0 Å². The van der Waals surface area contributed by atoms with Gasteiger partial charge in [-0.3, -0.25) is 4.90 Å². The van der Waals surface area contributed by atoms with Crippen LogP contribution in [0.2, 0.25) is 0 Å². The maximum Gasteiger partial charge on any atom is 0.0601 e. The standard InChI is InChI=1S/C12H28N2O2/c1-5-6-11(13)12(9-15)14(4)7-8-16-10(2)3/h10-12,15H,5-9,13H2,1-4H3. The highest BCUT2D eigenvalue weighted by Gasteiger charge is 2.20. The van der Waals surface area contributed by atoms with Crippen LogP contribution in [0.1, 0.15) is 33.6 Å². The van der Waals surface area contributed by atoms with Crippen molar-refractivity contribution >= 4 is 0 Å². The predicted octanol–water partition coefficient (Wildman–Crippen LogP) is 0.832. The number of aliphatic hydroxyl groups excluding tert-OH is 1. The molecule has 0 saturated heterocycles. The van der Waals surface area contributed by atoms with Crippen molar-refractivity contribution < 1.29 is 9.84 Å². The molecule has 0 amide bonds. The Hall–Kier alpha value is -0.160. The predicted molar refractivity (Wildman–Crippen MR) is 67.5 cm³/mol. The molecule has 0 saturated carbocycles. The van der Waals surface area contributed by atoms with Crippen LogP contribution >= 0.6 is 0 Å². The van der Waals surface area contributed by atoms with Crippen LogP contribution in [-0.4, -0.2) is 55.0 Å². The molecule has 16 heavy (non-hydrogen) atoms. The van der Waals surface area contributed by atoms with Gasteiger partial charge >= 0.3 is 0 Å². The Morgan fingerprint density at radius 1 is 1.38 bits per heavy atom. The number of hydrogen-bond acceptors (Lipinski definition) is 4. The van der Waals surface area contributed by atoms with E-state index in [9.17, 15) is 5.11 Å². The second kappa shape index (κ2) is 8.93. The zero-order chi connectivity index (χ0) is 12.6. The van der Waals surface area contributed by atoms with E-state index in [1.807, 2.05) is 20.9 Å². The van der Waals surface area contributed by atoms with Crippen molar-refractivity contribution in [2.75, 3.05) is 26.8 Å². The van der Waals surface area contributed by atoms with Gasteiger partial charge in [-0.1, -0.05) is 13.3 Å². The van der Waals surface area contributed by atoms with E-state index in [2.05, 4.69) is 11.8 Å². The molecule has 0 rings (SSSR count). The molecule has 4 nitrogen and oxygen atoms in total. The lowest BCUT2D eigenvalue weighted by atomic mass is 10.0. The van der Waals surface area contributed by atoms with Gasteiger partial charge in [0, 0.05) is 18.6 Å². The fraction of sp³-hybridized carbons (Fsp3) is 1.00. The zero-order valence-electron chi connectivity index (χ0n) is 11.1. The summed E-state index contributed by atoms with van der Waals surface area (Å²) in [5.41, 5.74) is 6.03. The molecular formula is C12H28N2O2. The maximum atomic E-state index is 9.34. The summed E-state index contributed by atoms with van der Waals surface area (Å²) >= 11 is 0. The largest absolute Gasteiger partial charge is 0.395 e. The van der Waals surface area contributed by atoms with Crippen LogP contribution in [0.4, 0.5) is 0 Å². The molecule has 0 aliphatic rings. The Morgan fingerprint density at radius 3 is 2.44 bits per heavy atom. The first kappa shape index (κ1) is 15.8. The first-order chi connectivity index (χ1) is 7.52. The highest BCUT2D eigenvalue weighted by molar-refractivity contribution is 4.79. The maximum absolute atomic E-state index is 9.34. The van der Waals surface area contributed by atoms with E-state index in [0.717, 1.165) is 19.4 Å². The van der Waals surface area contributed by atoms with E-state index < -0.39 is 0 Å². The summed E-state index contributed by atoms with van der Waals surface area (Å²) in [7, 11) is 1.99. The Morgan fingerprint density at radius 2 is 2.00 bits per heavy atom. The quantitative estimate of drug-likeness (QED) is 0.618. The number of ether oxygens (including phenoxy) is 1. The fourth-order valence-electron chi connectivity index (χ4n) is 1.73. The van der Waals surface area contributed by atoms with Crippen LogP contribution in [0.3, 0.4) is 0 Å². The van der Waals surface area contributed by atoms with E-state index in [4.69, 9.17) is 10.5 Å². The molecule has 0 aromatic heterocycles. The molecule has 0 aliphatic heterocycles. The minimum atomic E-state index is 0.0377. The number of aliphatic hydroxyl groups is 1. The molecular weight excluding hydrogens is 204 g/mol. The minimum absolute atomic E-state index is 0.0377. The van der Waals surface area contributed by atoms with Crippen LogP contribution in [-0.2, 0) is 4.74 Å². The summed E-state index contributed by atoms with van der Waals surface area (Å²) in [6, 6.07) is 0.0785. The third-order valence-corrected chi connectivity index (χ3v) is 2.76. The van der Waals surface area contributed by atoms with E-state index in [1.54, 1.807) is 0 Å². The fourth-order valence-corrected chi connectivity index (χ4v) is 1.73. The monoisotopic (exact) mass is 232 g/mol. The zero-order valence-corrected chi connectivity index (χ0v) is 11.1. The highest BCUT2D eigenvalue weighted by Crippen LogP contribution is 2.06. The molecule has 0 aromatic carbocycles. The Bertz CT molecular complexity index is 165. The topological polar surface area (TPSA) is 58.7 Å². The number of hydrogen-bond donors (Lipinski definition) is 2. The third-order valence-electron chi connectivity index (χ3n) is 2.76. The van der Waals surface area contributed by atoms with Crippen molar-refractivity contribution in [3.63, 3.8) is 0 Å². The van der Waals surface area contributed by atoms with E-state index in [0.29, 0.717) is 6.61 Å². The smallest absolute Gasteiger partial charge is 0.0601 e. The van der Waals surface area contributed by atoms with Crippen molar-refractivity contribution in [2.24, 2.45) is 5.73 Å². The van der Waals surface area contributed by atoms with Gasteiger partial charge in [0.05, 0.1) is 19.3 Å². The van der Waals surface area contributed by atoms with Gasteiger partial charge in [-0.2, -0.15) is 0 Å². The van der Waals surface area contributed by atoms with Crippen LogP contribution in [0, 0.1) is 0 Å². The van der Waals surface area contributed by atoms with E-state index >= 15 is 0 Å². The van der Waals surface area contributed by atoms with Gasteiger partial charge < -0.3 is 15.6 Å². The third kappa shape index (κ3) is 6.43. The molecule has 0 heterocycles. The summed E-state index contributed by atoms with van der Waals surface area (Å²) in [5, 5.41) is 9.34. The van der Waals surface area contributed by atoms with Crippen LogP contribution in [0.15, 0.2) is 0 Å². The minimum Gasteiger partial charge on any atom is -0.395 e. The van der Waals surface area contributed by atoms with Crippen LogP contribution in [0.5, 0.6) is 0 Å². The van der Waals surface area contributed by atoms with Crippen LogP contribution in [0.25, 0.3) is 0 Å². The molecule has 2 atom stereocenters. The molecule has 0 radical (unpaired) electrons. The van der Waals surface area contributed by atoms with Gasteiger partial charge in [-0.05, 0) is 27.3 Å². The first-order valence-corrected chi connectivity index (χ1v) is 6.21. The van der Waals surface area contributed by atoms with Crippen molar-refractivity contribution in [3.8, 4) is 0 Å². The summed E-state index contributed by atoms with van der Waals surface area (Å²) in [6.07, 6.45) is 2.25. The lowest BCUT2D eigenvalue weighted by Gasteiger charge is -2.31. The SMILES string of the molecule is CCCC(N)C(CO)N(C)CCOC(C)C. The molecule has 0 aromatic rings. The summed E-state index contributed by atoms with van der Waals surface area (Å²) in [4.78, 5) is 2.09. The first-order valence-electron chi connectivity index (χ1n) is 6.21. The normalized spacial score (nSPS) is 15.8. The van der Waals surface area contributed by atoms with E-state index in [-0.39, 0.29) is 24.8 Å².